The molecule has 0 saturated heterocycles. The summed E-state index contributed by atoms with van der Waals surface area (Å²) in [5.74, 6) is 1.32. The van der Waals surface area contributed by atoms with Crippen molar-refractivity contribution in [1.82, 2.24) is 9.61 Å². The molecule has 0 amide bonds. The Bertz CT molecular complexity index is 766. The summed E-state index contributed by atoms with van der Waals surface area (Å²) in [6.45, 7) is 2.14. The van der Waals surface area contributed by atoms with E-state index < -0.39 is 6.10 Å². The van der Waals surface area contributed by atoms with Crippen LogP contribution in [0.3, 0.4) is 0 Å². The molecule has 1 aromatic carbocycles. The first-order chi connectivity index (χ1) is 10.7. The van der Waals surface area contributed by atoms with Crippen LogP contribution in [0, 0.1) is 0 Å². The number of aliphatic hydroxyl groups excluding tert-OH is 1. The summed E-state index contributed by atoms with van der Waals surface area (Å²) in [5, 5.41) is 14.0. The number of nitrogens with zero attached hydrogens (tertiary/aromatic N) is 2. The maximum absolute atomic E-state index is 9.70. The molecule has 0 saturated carbocycles. The molecule has 1 unspecified atom stereocenters. The summed E-state index contributed by atoms with van der Waals surface area (Å²) in [6.07, 6.45) is 1.13. The maximum Gasteiger partial charge on any atom is 0.149 e. The number of pyridine rings is 1. The normalized spacial score (nSPS) is 12.3. The predicted octanol–water partition coefficient (Wildman–Crippen LogP) is 2.98. The van der Waals surface area contributed by atoms with Crippen molar-refractivity contribution in [2.24, 2.45) is 0 Å². The van der Waals surface area contributed by atoms with Gasteiger partial charge in [0.2, 0.25) is 0 Å². The number of aliphatic hydroxyl groups is 1. The van der Waals surface area contributed by atoms with Gasteiger partial charge in [0.1, 0.15) is 23.6 Å². The highest BCUT2D eigenvalue weighted by Crippen LogP contribution is 2.28. The van der Waals surface area contributed by atoms with Crippen molar-refractivity contribution in [2.75, 3.05) is 7.11 Å². The lowest BCUT2D eigenvalue weighted by Crippen LogP contribution is -1.99. The van der Waals surface area contributed by atoms with Gasteiger partial charge in [0, 0.05) is 6.07 Å². The number of benzene rings is 1. The van der Waals surface area contributed by atoms with Crippen LogP contribution in [0.1, 0.15) is 24.3 Å². The average Bonchev–Trinajstić information content (AvgIpc) is 2.97. The highest BCUT2D eigenvalue weighted by atomic mass is 16.5. The van der Waals surface area contributed by atoms with Crippen molar-refractivity contribution in [1.29, 1.82) is 0 Å². The molecule has 0 aliphatic carbocycles. The van der Waals surface area contributed by atoms with Gasteiger partial charge in [-0.3, -0.25) is 0 Å². The molecule has 3 rings (SSSR count). The Hall–Kier alpha value is -2.53. The Labute approximate surface area is 128 Å². The minimum Gasteiger partial charge on any atom is -0.495 e. The molecule has 3 aromatic rings. The van der Waals surface area contributed by atoms with Gasteiger partial charge >= 0.3 is 0 Å². The molecule has 0 radical (unpaired) electrons. The molecule has 0 aliphatic rings. The van der Waals surface area contributed by atoms with Crippen LogP contribution in [-0.2, 0) is 6.61 Å². The Morgan fingerprint density at radius 3 is 2.68 bits per heavy atom. The van der Waals surface area contributed by atoms with Crippen molar-refractivity contribution < 1.29 is 14.6 Å². The maximum atomic E-state index is 9.70. The predicted molar refractivity (Wildman–Crippen MR) is 83.2 cm³/mol. The topological polar surface area (TPSA) is 56.0 Å². The number of ether oxygens (including phenoxy) is 2. The molecule has 5 heteroatoms. The minimum absolute atomic E-state index is 0.457. The SMILES string of the molecule is COc1cc(OCc2ccccc2)c2cc(C(C)O)nn2c1. The van der Waals surface area contributed by atoms with E-state index in [-0.39, 0.29) is 0 Å². The molecule has 1 atom stereocenters. The van der Waals surface area contributed by atoms with Crippen LogP contribution >= 0.6 is 0 Å². The highest BCUT2D eigenvalue weighted by Gasteiger charge is 2.13. The van der Waals surface area contributed by atoms with Gasteiger partial charge in [-0.1, -0.05) is 30.3 Å². The van der Waals surface area contributed by atoms with E-state index in [0.29, 0.717) is 23.8 Å². The summed E-state index contributed by atoms with van der Waals surface area (Å²) in [7, 11) is 1.60. The number of hydrogen-bond donors (Lipinski definition) is 1. The first-order valence-electron chi connectivity index (χ1n) is 7.09. The van der Waals surface area contributed by atoms with Crippen LogP contribution in [0.4, 0.5) is 0 Å². The van der Waals surface area contributed by atoms with Gasteiger partial charge in [0.25, 0.3) is 0 Å². The number of hydrogen-bond acceptors (Lipinski definition) is 4. The fourth-order valence-corrected chi connectivity index (χ4v) is 2.22. The fraction of sp³-hybridized carbons (Fsp3) is 0.235. The number of methoxy groups -OCH3 is 1. The van der Waals surface area contributed by atoms with Crippen LogP contribution in [-0.4, -0.2) is 21.8 Å². The molecule has 5 nitrogen and oxygen atoms in total. The third-order valence-corrected chi connectivity index (χ3v) is 3.43. The molecule has 2 aromatic heterocycles. The van der Waals surface area contributed by atoms with Gasteiger partial charge in [-0.2, -0.15) is 5.10 Å². The van der Waals surface area contributed by atoms with Crippen LogP contribution in [0.5, 0.6) is 11.5 Å². The van der Waals surface area contributed by atoms with Crippen molar-refractivity contribution in [3.8, 4) is 11.5 Å². The zero-order valence-electron chi connectivity index (χ0n) is 12.6. The lowest BCUT2D eigenvalue weighted by Gasteiger charge is -2.09. The first kappa shape index (κ1) is 14.4. The second-order valence-electron chi connectivity index (χ2n) is 5.09. The summed E-state index contributed by atoms with van der Waals surface area (Å²) in [6, 6.07) is 13.6. The molecule has 114 valence electrons. The lowest BCUT2D eigenvalue weighted by molar-refractivity contribution is 0.194. The third-order valence-electron chi connectivity index (χ3n) is 3.43. The minimum atomic E-state index is -0.632. The number of fused-ring (bicyclic) bond motifs is 1. The summed E-state index contributed by atoms with van der Waals surface area (Å²) in [4.78, 5) is 0. The van der Waals surface area contributed by atoms with E-state index in [1.807, 2.05) is 42.5 Å². The molecule has 0 bridgehead atoms. The molecule has 0 aliphatic heterocycles. The molecule has 22 heavy (non-hydrogen) atoms. The van der Waals surface area contributed by atoms with Gasteiger partial charge in [-0.15, -0.1) is 0 Å². The van der Waals surface area contributed by atoms with Crippen LogP contribution < -0.4 is 9.47 Å². The molecule has 0 spiro atoms. The van der Waals surface area contributed by atoms with Gasteiger partial charge in [-0.05, 0) is 18.6 Å². The Balaban J connectivity index is 1.95. The fourth-order valence-electron chi connectivity index (χ4n) is 2.22. The van der Waals surface area contributed by atoms with E-state index in [9.17, 15) is 5.11 Å². The van der Waals surface area contributed by atoms with Gasteiger partial charge in [0.15, 0.2) is 0 Å². The molecule has 0 fully saturated rings. The summed E-state index contributed by atoms with van der Waals surface area (Å²) in [5.41, 5.74) is 2.48. The van der Waals surface area contributed by atoms with E-state index in [0.717, 1.165) is 11.1 Å². The van der Waals surface area contributed by atoms with E-state index in [1.54, 1.807) is 24.7 Å². The van der Waals surface area contributed by atoms with Crippen molar-refractivity contribution >= 4 is 5.52 Å². The second-order valence-corrected chi connectivity index (χ2v) is 5.09. The number of rotatable bonds is 5. The van der Waals surface area contributed by atoms with Gasteiger partial charge in [-0.25, -0.2) is 4.52 Å². The zero-order chi connectivity index (χ0) is 15.5. The summed E-state index contributed by atoms with van der Waals surface area (Å²) >= 11 is 0. The lowest BCUT2D eigenvalue weighted by atomic mass is 10.2. The quantitative estimate of drug-likeness (QED) is 0.787. The van der Waals surface area contributed by atoms with Gasteiger partial charge in [0.05, 0.1) is 25.1 Å². The summed E-state index contributed by atoms with van der Waals surface area (Å²) < 4.78 is 12.9. The van der Waals surface area contributed by atoms with Crippen molar-refractivity contribution in [2.45, 2.75) is 19.6 Å². The number of aromatic nitrogens is 2. The molecular formula is C17H18N2O3. The average molecular weight is 298 g/mol. The standard InChI is InChI=1S/C17H18N2O3/c1-12(20)15-9-16-17(8-14(21-2)10-19(16)18-15)22-11-13-6-4-3-5-7-13/h3-10,12,20H,11H2,1-2H3. The Morgan fingerprint density at radius 2 is 2.00 bits per heavy atom. The van der Waals surface area contributed by atoms with Crippen molar-refractivity contribution in [3.63, 3.8) is 0 Å². The zero-order valence-corrected chi connectivity index (χ0v) is 12.6. The van der Waals surface area contributed by atoms with Crippen LogP contribution in [0.15, 0.2) is 48.7 Å². The van der Waals surface area contributed by atoms with Crippen molar-refractivity contribution in [3.05, 3.63) is 59.9 Å². The monoisotopic (exact) mass is 298 g/mol. The molecular weight excluding hydrogens is 280 g/mol. The van der Waals surface area contributed by atoms with E-state index in [4.69, 9.17) is 9.47 Å². The van der Waals surface area contributed by atoms with Crippen LogP contribution in [0.2, 0.25) is 0 Å². The molecule has 2 heterocycles. The smallest absolute Gasteiger partial charge is 0.149 e. The highest BCUT2D eigenvalue weighted by molar-refractivity contribution is 5.62. The first-order valence-corrected chi connectivity index (χ1v) is 7.09. The third kappa shape index (κ3) is 2.89. The Kier molecular flexibility index (Phi) is 3.98. The van der Waals surface area contributed by atoms with Gasteiger partial charge < -0.3 is 14.6 Å². The molecule has 1 N–H and O–H groups in total. The van der Waals surface area contributed by atoms with Crippen LogP contribution in [0.25, 0.3) is 5.52 Å². The Morgan fingerprint density at radius 1 is 1.23 bits per heavy atom. The van der Waals surface area contributed by atoms with E-state index >= 15 is 0 Å². The second kappa shape index (κ2) is 6.07. The van der Waals surface area contributed by atoms with E-state index in [1.165, 1.54) is 0 Å². The van der Waals surface area contributed by atoms with E-state index in [2.05, 4.69) is 5.10 Å². The largest absolute Gasteiger partial charge is 0.495 e.